The van der Waals surface area contributed by atoms with Crippen LogP contribution in [0, 0.1) is 38.9 Å². The SMILES string of the molecule is CC(C)CC(C)(C)/C=C\COC(=O)C(C)(C)C(C)(C)C(OC(=O)CCCN(C)C)C(C)(C)C(C)(N)C(=O)OC/C=C\C(C)(C)CC(C)C. The Balaban J connectivity index is 6.35. The van der Waals surface area contributed by atoms with Crippen LogP contribution in [0.4, 0.5) is 0 Å². The Kier molecular flexibility index (Phi) is 17.3. The number of nitrogens with zero attached hydrogens (tertiary/aromatic N) is 1. The van der Waals surface area contributed by atoms with Crippen LogP contribution in [0.2, 0.25) is 0 Å². The molecule has 0 aromatic heterocycles. The lowest BCUT2D eigenvalue weighted by Crippen LogP contribution is -2.67. The first-order valence-corrected chi connectivity index (χ1v) is 17.9. The van der Waals surface area contributed by atoms with E-state index in [9.17, 15) is 14.4 Å². The zero-order valence-electron chi connectivity index (χ0n) is 34.0. The highest BCUT2D eigenvalue weighted by Crippen LogP contribution is 2.52. The van der Waals surface area contributed by atoms with Crippen LogP contribution in [-0.4, -0.2) is 68.3 Å². The maximum absolute atomic E-state index is 13.8. The van der Waals surface area contributed by atoms with Crippen LogP contribution in [0.25, 0.3) is 0 Å². The minimum Gasteiger partial charge on any atom is -0.461 e. The third-order valence-corrected chi connectivity index (χ3v) is 10.1. The fourth-order valence-corrected chi connectivity index (χ4v) is 6.61. The van der Waals surface area contributed by atoms with Crippen LogP contribution < -0.4 is 5.73 Å². The van der Waals surface area contributed by atoms with Crippen molar-refractivity contribution < 1.29 is 28.6 Å². The van der Waals surface area contributed by atoms with Crippen LogP contribution in [0.15, 0.2) is 24.3 Å². The standard InChI is InChI=1S/C40H74N2O6/c1-29(2)27-35(5,6)22-19-25-46-33(44)39(13,14)37(9,10)32(48-31(43)21-18-24-42(16)17)38(11,12)40(15,41)34(45)47-26-20-23-36(7,8)28-30(3)4/h19-20,22-23,29-30,32H,18,21,24-28,41H2,1-17H3/b22-19-,23-20-. The van der Waals surface area contributed by atoms with Crippen LogP contribution in [0.3, 0.4) is 0 Å². The molecule has 0 amide bonds. The van der Waals surface area contributed by atoms with Crippen LogP contribution in [-0.2, 0) is 28.6 Å². The third kappa shape index (κ3) is 14.0. The second kappa shape index (κ2) is 18.2. The average molecular weight is 679 g/mol. The molecular formula is C40H74N2O6. The number of hydrogen-bond donors (Lipinski definition) is 1. The number of nitrogens with two attached hydrogens (primary N) is 1. The van der Waals surface area contributed by atoms with E-state index in [1.54, 1.807) is 34.6 Å². The van der Waals surface area contributed by atoms with Crippen molar-refractivity contribution >= 4 is 17.9 Å². The molecule has 2 N–H and O–H groups in total. The van der Waals surface area contributed by atoms with Gasteiger partial charge in [-0.05, 0) is 83.3 Å². The van der Waals surface area contributed by atoms with Gasteiger partial charge in [0.1, 0.15) is 24.9 Å². The Hall–Kier alpha value is -2.19. The molecule has 0 aromatic rings. The first-order valence-electron chi connectivity index (χ1n) is 17.9. The van der Waals surface area contributed by atoms with Crippen molar-refractivity contribution in [1.29, 1.82) is 0 Å². The predicted molar refractivity (Wildman–Crippen MR) is 198 cm³/mol. The predicted octanol–water partition coefficient (Wildman–Crippen LogP) is 8.38. The summed E-state index contributed by atoms with van der Waals surface area (Å²) in [5.41, 5.74) is 1.90. The molecule has 48 heavy (non-hydrogen) atoms. The molecule has 0 aliphatic heterocycles. The maximum atomic E-state index is 13.8. The summed E-state index contributed by atoms with van der Waals surface area (Å²) in [7, 11) is 3.89. The van der Waals surface area contributed by atoms with Crippen molar-refractivity contribution in [3.05, 3.63) is 24.3 Å². The van der Waals surface area contributed by atoms with Crippen molar-refractivity contribution in [2.24, 2.45) is 44.6 Å². The zero-order valence-corrected chi connectivity index (χ0v) is 34.0. The van der Waals surface area contributed by atoms with Gasteiger partial charge in [0.05, 0.1) is 5.41 Å². The van der Waals surface area contributed by atoms with Gasteiger partial charge in [-0.3, -0.25) is 14.4 Å². The highest BCUT2D eigenvalue weighted by Gasteiger charge is 2.61. The van der Waals surface area contributed by atoms with Gasteiger partial charge in [0.2, 0.25) is 0 Å². The van der Waals surface area contributed by atoms with Crippen molar-refractivity contribution in [1.82, 2.24) is 4.90 Å². The van der Waals surface area contributed by atoms with Crippen molar-refractivity contribution in [2.45, 2.75) is 141 Å². The molecule has 2 unspecified atom stereocenters. The average Bonchev–Trinajstić information content (AvgIpc) is 2.89. The Labute approximate surface area is 295 Å². The largest absolute Gasteiger partial charge is 0.461 e. The van der Waals surface area contributed by atoms with E-state index in [1.807, 2.05) is 45.0 Å². The van der Waals surface area contributed by atoms with Crippen LogP contribution >= 0.6 is 0 Å². The van der Waals surface area contributed by atoms with Gasteiger partial charge in [0.15, 0.2) is 0 Å². The van der Waals surface area contributed by atoms with Crippen molar-refractivity contribution in [3.8, 4) is 0 Å². The van der Waals surface area contributed by atoms with Gasteiger partial charge in [0.25, 0.3) is 0 Å². The lowest BCUT2D eigenvalue weighted by atomic mass is 9.55. The van der Waals surface area contributed by atoms with Crippen molar-refractivity contribution in [3.63, 3.8) is 0 Å². The molecule has 2 atom stereocenters. The lowest BCUT2D eigenvalue weighted by molar-refractivity contribution is -0.197. The fraction of sp³-hybridized carbons (Fsp3) is 0.825. The molecule has 0 saturated carbocycles. The smallest absolute Gasteiger partial charge is 0.326 e. The summed E-state index contributed by atoms with van der Waals surface area (Å²) in [6.45, 7) is 30.8. The van der Waals surface area contributed by atoms with Crippen molar-refractivity contribution in [2.75, 3.05) is 33.9 Å². The van der Waals surface area contributed by atoms with Gasteiger partial charge in [-0.2, -0.15) is 0 Å². The molecule has 0 aromatic carbocycles. The molecule has 0 spiro atoms. The summed E-state index contributed by atoms with van der Waals surface area (Å²) >= 11 is 0. The number of ether oxygens (including phenoxy) is 3. The Morgan fingerprint density at radius 2 is 1.10 bits per heavy atom. The van der Waals surface area contributed by atoms with Crippen LogP contribution in [0.1, 0.15) is 130 Å². The molecule has 0 fully saturated rings. The first kappa shape index (κ1) is 45.8. The van der Waals surface area contributed by atoms with E-state index in [4.69, 9.17) is 19.9 Å². The molecule has 0 aliphatic rings. The highest BCUT2D eigenvalue weighted by atomic mass is 16.6. The molecule has 8 heteroatoms. The van der Waals surface area contributed by atoms with Gasteiger partial charge in [-0.25, -0.2) is 0 Å². The summed E-state index contributed by atoms with van der Waals surface area (Å²) in [5, 5.41) is 0. The molecule has 280 valence electrons. The van der Waals surface area contributed by atoms with E-state index in [2.05, 4.69) is 67.5 Å². The molecule has 0 aliphatic carbocycles. The molecular weight excluding hydrogens is 604 g/mol. The number of rotatable bonds is 21. The second-order valence-electron chi connectivity index (χ2n) is 18.2. The minimum absolute atomic E-state index is 0.0223. The topological polar surface area (TPSA) is 108 Å². The molecule has 0 radical (unpaired) electrons. The summed E-state index contributed by atoms with van der Waals surface area (Å²) < 4.78 is 17.8. The first-order chi connectivity index (χ1) is 21.5. The third-order valence-electron chi connectivity index (χ3n) is 10.1. The van der Waals surface area contributed by atoms with E-state index < -0.39 is 45.8 Å². The van der Waals surface area contributed by atoms with Gasteiger partial charge in [0, 0.05) is 17.3 Å². The van der Waals surface area contributed by atoms with Crippen LogP contribution in [0.5, 0.6) is 0 Å². The number of carbonyl (C=O) groups is 3. The summed E-state index contributed by atoms with van der Waals surface area (Å²) in [6.07, 6.45) is 9.74. The summed E-state index contributed by atoms with van der Waals surface area (Å²) in [4.78, 5) is 42.8. The monoisotopic (exact) mass is 679 g/mol. The van der Waals surface area contributed by atoms with E-state index in [0.717, 1.165) is 12.8 Å². The number of esters is 3. The molecule has 8 nitrogen and oxygen atoms in total. The number of allylic oxidation sites excluding steroid dienone is 2. The van der Waals surface area contributed by atoms with Gasteiger partial charge < -0.3 is 24.8 Å². The lowest BCUT2D eigenvalue weighted by Gasteiger charge is -2.53. The Morgan fingerprint density at radius 3 is 1.50 bits per heavy atom. The van der Waals surface area contributed by atoms with E-state index in [0.29, 0.717) is 24.8 Å². The quantitative estimate of drug-likeness (QED) is 0.0733. The van der Waals surface area contributed by atoms with Gasteiger partial charge in [-0.1, -0.05) is 107 Å². The Bertz CT molecular complexity index is 1020. The number of carbonyl (C=O) groups excluding carboxylic acids is 3. The minimum atomic E-state index is -1.58. The Morgan fingerprint density at radius 1 is 0.688 bits per heavy atom. The maximum Gasteiger partial charge on any atom is 0.326 e. The second-order valence-corrected chi connectivity index (χ2v) is 18.2. The summed E-state index contributed by atoms with van der Waals surface area (Å²) in [5.74, 6) is -0.383. The zero-order chi connectivity index (χ0) is 37.9. The normalized spacial score (nSPS) is 15.8. The molecule has 0 heterocycles. The molecule has 0 saturated heterocycles. The molecule has 0 rings (SSSR count). The number of hydrogen-bond acceptors (Lipinski definition) is 8. The highest BCUT2D eigenvalue weighted by molar-refractivity contribution is 5.82. The van der Waals surface area contributed by atoms with E-state index in [-0.39, 0.29) is 30.5 Å². The van der Waals surface area contributed by atoms with Gasteiger partial charge >= 0.3 is 17.9 Å². The van der Waals surface area contributed by atoms with E-state index >= 15 is 0 Å². The fourth-order valence-electron chi connectivity index (χ4n) is 6.61. The van der Waals surface area contributed by atoms with E-state index in [1.165, 1.54) is 0 Å². The summed E-state index contributed by atoms with van der Waals surface area (Å²) in [6, 6.07) is 0. The van der Waals surface area contributed by atoms with Gasteiger partial charge in [-0.15, -0.1) is 0 Å². The molecule has 0 bridgehead atoms.